The van der Waals surface area contributed by atoms with Crippen LogP contribution in [0.3, 0.4) is 0 Å². The van der Waals surface area contributed by atoms with E-state index in [0.717, 1.165) is 123 Å². The van der Waals surface area contributed by atoms with Crippen LogP contribution in [0.15, 0.2) is 48.5 Å². The highest BCUT2D eigenvalue weighted by Crippen LogP contribution is 2.52. The zero-order valence-corrected chi connectivity index (χ0v) is 47.2. The Kier molecular flexibility index (Phi) is 16.7. The Morgan fingerprint density at radius 3 is 1.04 bits per heavy atom. The van der Waals surface area contributed by atoms with Gasteiger partial charge in [0.15, 0.2) is 46.0 Å². The van der Waals surface area contributed by atoms with E-state index in [1.54, 1.807) is 56.9 Å². The molecule has 0 radical (unpaired) electrons. The summed E-state index contributed by atoms with van der Waals surface area (Å²) in [5.41, 5.74) is 9.72. The number of fused-ring (bicyclic) bond motifs is 8. The van der Waals surface area contributed by atoms with Gasteiger partial charge in [-0.3, -0.25) is 19.4 Å². The number of rotatable bonds is 18. The van der Waals surface area contributed by atoms with Crippen LogP contribution >= 0.6 is 0 Å². The van der Waals surface area contributed by atoms with E-state index >= 15 is 0 Å². The quantitative estimate of drug-likeness (QED) is 0.0940. The molecule has 15 heteroatoms. The SMILES string of the molecule is CC[C@@H]1CN2CCc3cc(OC)c(OC)cc3[C@@H]2C[C@@H]1C[C@@H]1c2cc(OC)c(OC)cc2CCN1C(=O)COCC(=O)N1CCc2cc(OC)c(OC)cc2[C@@H]1C[C@H]1C[C@H]2c3cc(OC)c(OC)cc3CCN2C[C@@H]1CC. The summed E-state index contributed by atoms with van der Waals surface area (Å²) < 4.78 is 52.8. The standard InChI is InChI=1S/C62H82N4O11/c1-11-37-33-63-17-13-39-25-53(69-3)57(73-7)29-45(39)49(63)21-43(37)23-51-47-31-59(75-9)55(71-5)27-41(47)15-19-65(51)61(67)35-77-36-62(68)66-20-16-42-28-56(72-6)60(76-10)32-48(42)52(66)24-44-22-50-46-30-58(74-8)54(70-4)26-40(46)14-18-64(50)34-38(44)12-2/h25-32,37-38,43-44,49-52H,11-24,33-36H2,1-10H3/t37-,38+,43-,44-,49+,50+,51-,52+/m1/s1. The third-order valence-electron chi connectivity index (χ3n) is 18.7. The number of carbonyl (C=O) groups is 2. The second kappa shape index (κ2) is 23.6. The van der Waals surface area contributed by atoms with Gasteiger partial charge in [0, 0.05) is 51.4 Å². The van der Waals surface area contributed by atoms with Crippen molar-refractivity contribution < 1.29 is 52.2 Å². The van der Waals surface area contributed by atoms with Crippen LogP contribution in [-0.2, 0) is 40.0 Å². The number of benzene rings is 4. The van der Waals surface area contributed by atoms with E-state index in [9.17, 15) is 9.59 Å². The van der Waals surface area contributed by atoms with Crippen LogP contribution in [0, 0.1) is 23.7 Å². The topological polar surface area (TPSA) is 130 Å². The second-order valence-electron chi connectivity index (χ2n) is 22.1. The molecule has 0 bridgehead atoms. The van der Waals surface area contributed by atoms with Crippen LogP contribution in [0.2, 0.25) is 0 Å². The largest absolute Gasteiger partial charge is 0.493 e. The first kappa shape index (κ1) is 54.5. The van der Waals surface area contributed by atoms with Gasteiger partial charge in [-0.15, -0.1) is 0 Å². The molecule has 4 aromatic carbocycles. The molecule has 0 unspecified atom stereocenters. The lowest BCUT2D eigenvalue weighted by atomic mass is 9.72. The zero-order chi connectivity index (χ0) is 54.1. The fourth-order valence-corrected chi connectivity index (χ4v) is 14.6. The van der Waals surface area contributed by atoms with Gasteiger partial charge in [0.2, 0.25) is 11.8 Å². The lowest BCUT2D eigenvalue weighted by Gasteiger charge is -2.49. The summed E-state index contributed by atoms with van der Waals surface area (Å²) in [7, 11) is 13.5. The van der Waals surface area contributed by atoms with Gasteiger partial charge < -0.3 is 52.4 Å². The third-order valence-corrected chi connectivity index (χ3v) is 18.7. The number of nitrogens with zero attached hydrogens (tertiary/aromatic N) is 4. The van der Waals surface area contributed by atoms with Gasteiger partial charge in [-0.1, -0.05) is 26.7 Å². The Morgan fingerprint density at radius 2 is 0.714 bits per heavy atom. The number of hydrogen-bond donors (Lipinski definition) is 0. The van der Waals surface area contributed by atoms with Crippen molar-refractivity contribution in [2.45, 2.75) is 102 Å². The van der Waals surface area contributed by atoms with Crippen molar-refractivity contribution in [1.29, 1.82) is 0 Å². The molecule has 0 aromatic heterocycles. The zero-order valence-electron chi connectivity index (χ0n) is 47.2. The Labute approximate surface area is 456 Å². The van der Waals surface area contributed by atoms with Crippen LogP contribution in [0.1, 0.15) is 121 Å². The first-order chi connectivity index (χ1) is 37.5. The molecular weight excluding hydrogens is 977 g/mol. The summed E-state index contributed by atoms with van der Waals surface area (Å²) in [6.45, 7) is 9.22. The van der Waals surface area contributed by atoms with E-state index in [2.05, 4.69) is 72.2 Å². The highest BCUT2D eigenvalue weighted by atomic mass is 16.5. The molecule has 8 atom stereocenters. The van der Waals surface area contributed by atoms with E-state index in [0.29, 0.717) is 72.6 Å². The number of carbonyl (C=O) groups excluding carboxylic acids is 2. The molecule has 2 fully saturated rings. The van der Waals surface area contributed by atoms with Gasteiger partial charge in [-0.2, -0.15) is 0 Å². The Hall–Kier alpha value is -5.90. The minimum Gasteiger partial charge on any atom is -0.493 e. The van der Waals surface area contributed by atoms with Crippen LogP contribution in [-0.4, -0.2) is 141 Å². The van der Waals surface area contributed by atoms with Gasteiger partial charge in [-0.25, -0.2) is 0 Å². The Morgan fingerprint density at radius 1 is 0.416 bits per heavy atom. The van der Waals surface area contributed by atoms with E-state index in [4.69, 9.17) is 42.6 Å². The molecule has 0 saturated carbocycles. The van der Waals surface area contributed by atoms with Crippen LogP contribution in [0.5, 0.6) is 46.0 Å². The van der Waals surface area contributed by atoms with E-state index in [1.165, 1.54) is 22.3 Å². The van der Waals surface area contributed by atoms with E-state index in [1.807, 2.05) is 9.80 Å². The molecule has 416 valence electrons. The molecule has 15 nitrogen and oxygen atoms in total. The number of methoxy groups -OCH3 is 8. The smallest absolute Gasteiger partial charge is 0.249 e. The molecule has 10 rings (SSSR count). The van der Waals surface area contributed by atoms with Crippen molar-refractivity contribution in [1.82, 2.24) is 19.6 Å². The fourth-order valence-electron chi connectivity index (χ4n) is 14.6. The number of ether oxygens (including phenoxy) is 9. The summed E-state index contributed by atoms with van der Waals surface area (Å²) >= 11 is 0. The van der Waals surface area contributed by atoms with Crippen molar-refractivity contribution in [2.24, 2.45) is 23.7 Å². The molecule has 0 aliphatic carbocycles. The third kappa shape index (κ3) is 10.5. The molecule has 6 aliphatic rings. The molecule has 0 spiro atoms. The molecule has 0 N–H and O–H groups in total. The molecule has 6 aliphatic heterocycles. The maximum atomic E-state index is 14.9. The van der Waals surface area contributed by atoms with Gasteiger partial charge >= 0.3 is 0 Å². The maximum absolute atomic E-state index is 14.9. The second-order valence-corrected chi connectivity index (χ2v) is 22.1. The average molecular weight is 1060 g/mol. The van der Waals surface area contributed by atoms with E-state index in [-0.39, 0.29) is 49.2 Å². The lowest BCUT2D eigenvalue weighted by Crippen LogP contribution is -2.48. The molecule has 4 aromatic rings. The normalized spacial score (nSPS) is 24.7. The lowest BCUT2D eigenvalue weighted by molar-refractivity contribution is -0.146. The van der Waals surface area contributed by atoms with Gasteiger partial charge in [0.05, 0.1) is 69.0 Å². The van der Waals surface area contributed by atoms with Gasteiger partial charge in [0.1, 0.15) is 13.2 Å². The average Bonchev–Trinajstić information content (AvgIpc) is 3.49. The Bertz CT molecular complexity index is 2600. The maximum Gasteiger partial charge on any atom is 0.249 e. The van der Waals surface area contributed by atoms with Crippen molar-refractivity contribution >= 4 is 11.8 Å². The first-order valence-electron chi connectivity index (χ1n) is 28.1. The molecule has 6 heterocycles. The van der Waals surface area contributed by atoms with Crippen LogP contribution < -0.4 is 37.9 Å². The minimum atomic E-state index is -0.225. The van der Waals surface area contributed by atoms with E-state index < -0.39 is 0 Å². The predicted molar refractivity (Wildman–Crippen MR) is 294 cm³/mol. The minimum absolute atomic E-state index is 0.120. The van der Waals surface area contributed by atoms with Gasteiger partial charge in [0.25, 0.3) is 0 Å². The number of hydrogen-bond acceptors (Lipinski definition) is 13. The van der Waals surface area contributed by atoms with Crippen molar-refractivity contribution in [2.75, 3.05) is 109 Å². The molecule has 77 heavy (non-hydrogen) atoms. The summed E-state index contributed by atoms with van der Waals surface area (Å²) in [4.78, 5) is 39.1. The summed E-state index contributed by atoms with van der Waals surface area (Å²) in [6, 6.07) is 17.0. The molecule has 2 amide bonds. The van der Waals surface area contributed by atoms with Crippen LogP contribution in [0.4, 0.5) is 0 Å². The van der Waals surface area contributed by atoms with Crippen molar-refractivity contribution in [3.8, 4) is 46.0 Å². The molecular formula is C62H82N4O11. The summed E-state index contributed by atoms with van der Waals surface area (Å²) in [5.74, 6) is 6.97. The fraction of sp³-hybridized carbons (Fsp3) is 0.581. The van der Waals surface area contributed by atoms with Gasteiger partial charge in [-0.05, 0) is 168 Å². The van der Waals surface area contributed by atoms with Crippen molar-refractivity contribution in [3.63, 3.8) is 0 Å². The molecule has 2 saturated heterocycles. The predicted octanol–water partition coefficient (Wildman–Crippen LogP) is 9.40. The highest BCUT2D eigenvalue weighted by molar-refractivity contribution is 5.81. The summed E-state index contributed by atoms with van der Waals surface area (Å²) in [6.07, 6.45) is 8.83. The van der Waals surface area contributed by atoms with Crippen LogP contribution in [0.25, 0.3) is 0 Å². The highest BCUT2D eigenvalue weighted by Gasteiger charge is 2.45. The number of amides is 2. The number of piperidine rings is 2. The summed E-state index contributed by atoms with van der Waals surface area (Å²) in [5, 5.41) is 0. The van der Waals surface area contributed by atoms with Crippen molar-refractivity contribution in [3.05, 3.63) is 93.0 Å². The first-order valence-corrected chi connectivity index (χ1v) is 28.1. The Balaban J connectivity index is 0.895. The monoisotopic (exact) mass is 1060 g/mol.